The minimum Gasteiger partial charge on any atom is -0.387 e. The van der Waals surface area contributed by atoms with Crippen LogP contribution in [0.2, 0.25) is 0 Å². The van der Waals surface area contributed by atoms with Crippen molar-refractivity contribution in [3.05, 3.63) is 18.1 Å². The Balaban J connectivity index is 1.55. The number of aromatic nitrogens is 3. The molecule has 1 aliphatic carbocycles. The Hall–Kier alpha value is -1.59. The second-order valence-electron chi connectivity index (χ2n) is 7.92. The summed E-state index contributed by atoms with van der Waals surface area (Å²) in [5.41, 5.74) is 0.566. The molecule has 2 aliphatic rings. The first-order valence-corrected chi connectivity index (χ1v) is 11.8. The molecule has 0 unspecified atom stereocenters. The normalized spacial score (nSPS) is 27.9. The molecule has 2 fully saturated rings. The van der Waals surface area contributed by atoms with E-state index in [1.165, 1.54) is 12.8 Å². The lowest BCUT2D eigenvalue weighted by Gasteiger charge is -2.18. The fourth-order valence-corrected chi connectivity index (χ4v) is 4.45. The number of aryl methyl sites for hydroxylation is 1. The van der Waals surface area contributed by atoms with Gasteiger partial charge in [-0.05, 0) is 25.8 Å². The Morgan fingerprint density at radius 3 is 2.70 bits per heavy atom. The molecule has 2 aromatic rings. The van der Waals surface area contributed by atoms with Crippen molar-refractivity contribution < 1.29 is 34.0 Å². The zero-order valence-electron chi connectivity index (χ0n) is 16.6. The highest BCUT2D eigenvalue weighted by molar-refractivity contribution is 7.51. The van der Waals surface area contributed by atoms with Crippen molar-refractivity contribution in [2.75, 3.05) is 18.3 Å². The Bertz CT molecular complexity index is 942. The van der Waals surface area contributed by atoms with E-state index in [1.807, 2.05) is 6.07 Å². The lowest BCUT2D eigenvalue weighted by atomic mass is 10.1. The highest BCUT2D eigenvalue weighted by Gasteiger charge is 2.44. The van der Waals surface area contributed by atoms with Gasteiger partial charge >= 0.3 is 7.60 Å². The lowest BCUT2D eigenvalue weighted by Crippen LogP contribution is -2.33. The van der Waals surface area contributed by atoms with Crippen LogP contribution < -0.4 is 5.32 Å². The van der Waals surface area contributed by atoms with Crippen LogP contribution in [0.25, 0.3) is 11.0 Å². The highest BCUT2D eigenvalue weighted by Crippen LogP contribution is 2.36. The zero-order chi connectivity index (χ0) is 21.5. The molecule has 5 N–H and O–H groups in total. The van der Waals surface area contributed by atoms with Gasteiger partial charge in [-0.2, -0.15) is 0 Å². The average molecular weight is 442 g/mol. The second-order valence-corrected chi connectivity index (χ2v) is 9.50. The summed E-state index contributed by atoms with van der Waals surface area (Å²) < 4.78 is 23.3. The summed E-state index contributed by atoms with van der Waals surface area (Å²) in [6.45, 7) is 1.53. The van der Waals surface area contributed by atoms with Crippen LogP contribution in [0.5, 0.6) is 0 Å². The maximum atomic E-state index is 10.9. The van der Waals surface area contributed by atoms with Crippen molar-refractivity contribution in [2.24, 2.45) is 0 Å². The maximum absolute atomic E-state index is 10.9. The summed E-state index contributed by atoms with van der Waals surface area (Å²) >= 11 is 0. The summed E-state index contributed by atoms with van der Waals surface area (Å²) in [4.78, 5) is 26.8. The number of hydrogen-bond donors (Lipinski definition) is 5. The molecule has 3 heterocycles. The van der Waals surface area contributed by atoms with E-state index in [0.717, 1.165) is 24.0 Å². The molecule has 1 saturated carbocycles. The predicted octanol–water partition coefficient (Wildman–Crippen LogP) is 0.865. The smallest absolute Gasteiger partial charge is 0.350 e. The van der Waals surface area contributed by atoms with Crippen LogP contribution >= 0.6 is 7.60 Å². The third-order valence-electron chi connectivity index (χ3n) is 5.53. The largest absolute Gasteiger partial charge is 0.387 e. The van der Waals surface area contributed by atoms with Gasteiger partial charge in [0.1, 0.15) is 41.9 Å². The fraction of sp³-hybridized carbons (Fsp3) is 0.667. The molecule has 0 aromatic carbocycles. The number of fused-ring (bicyclic) bond motifs is 1. The first-order valence-electron chi connectivity index (χ1n) is 9.98. The number of aliphatic hydroxyl groups is 2. The molecule has 1 saturated heterocycles. The highest BCUT2D eigenvalue weighted by atomic mass is 31.2. The monoisotopic (exact) mass is 442 g/mol. The number of nitrogens with one attached hydrogen (secondary N) is 1. The summed E-state index contributed by atoms with van der Waals surface area (Å²) in [7, 11) is -4.33. The molecule has 0 radical (unpaired) electrons. The Morgan fingerprint density at radius 2 is 2.00 bits per heavy atom. The van der Waals surface area contributed by atoms with Crippen LogP contribution in [-0.2, 0) is 14.0 Å². The summed E-state index contributed by atoms with van der Waals surface area (Å²) in [5, 5.41) is 25.1. The fourth-order valence-electron chi connectivity index (χ4n) is 4.11. The quantitative estimate of drug-likeness (QED) is 0.389. The van der Waals surface area contributed by atoms with Gasteiger partial charge in [-0.1, -0.05) is 12.8 Å². The van der Waals surface area contributed by atoms with Crippen molar-refractivity contribution in [3.63, 3.8) is 0 Å². The van der Waals surface area contributed by atoms with E-state index in [1.54, 1.807) is 17.7 Å². The van der Waals surface area contributed by atoms with Gasteiger partial charge in [0.25, 0.3) is 0 Å². The van der Waals surface area contributed by atoms with Gasteiger partial charge in [0.15, 0.2) is 6.23 Å². The maximum Gasteiger partial charge on any atom is 0.350 e. The van der Waals surface area contributed by atoms with Crippen molar-refractivity contribution in [1.82, 2.24) is 14.5 Å². The Morgan fingerprint density at radius 1 is 1.27 bits per heavy atom. The third-order valence-corrected chi connectivity index (χ3v) is 6.05. The molecule has 12 heteroatoms. The topological polar surface area (TPSA) is 159 Å². The van der Waals surface area contributed by atoms with Gasteiger partial charge in [-0.3, -0.25) is 4.57 Å². The molecule has 30 heavy (non-hydrogen) atoms. The Kier molecular flexibility index (Phi) is 6.13. The van der Waals surface area contributed by atoms with Crippen molar-refractivity contribution in [3.8, 4) is 0 Å². The van der Waals surface area contributed by atoms with Crippen molar-refractivity contribution in [2.45, 2.75) is 63.2 Å². The minimum atomic E-state index is -4.33. The molecule has 1 aliphatic heterocycles. The van der Waals surface area contributed by atoms with Crippen molar-refractivity contribution in [1.29, 1.82) is 0 Å². The minimum absolute atomic E-state index is 0.262. The molecular weight excluding hydrogens is 415 g/mol. The number of aliphatic hydroxyl groups excluding tert-OH is 2. The van der Waals surface area contributed by atoms with Crippen LogP contribution in [0, 0.1) is 6.92 Å². The van der Waals surface area contributed by atoms with E-state index in [4.69, 9.17) is 19.3 Å². The van der Waals surface area contributed by atoms with E-state index in [0.29, 0.717) is 17.5 Å². The molecule has 0 spiro atoms. The summed E-state index contributed by atoms with van der Waals surface area (Å²) in [6, 6.07) is 2.21. The van der Waals surface area contributed by atoms with Crippen LogP contribution in [0.3, 0.4) is 0 Å². The standard InChI is InChI=1S/C18H27N4O7P/c1-10-19-16(21-11-4-2-3-5-11)12-6-7-22(17(12)20-10)18-15(24)14(23)13(29-18)8-28-9-30(25,26)27/h6-7,11,13-15,18,23-24H,2-5,8-9H2,1H3,(H,19,20,21)(H2,25,26,27)/t13-,14-,15-,18-/m1/s1. The molecule has 166 valence electrons. The number of anilines is 1. The SMILES string of the molecule is Cc1nc(NC2CCCC2)c2ccn([C@@H]3O[C@H](COCP(=O)(O)O)[C@@H](O)[C@H]3O)c2n1. The molecule has 0 bridgehead atoms. The lowest BCUT2D eigenvalue weighted by molar-refractivity contribution is -0.0610. The third kappa shape index (κ3) is 4.52. The zero-order valence-corrected chi connectivity index (χ0v) is 17.5. The van der Waals surface area contributed by atoms with E-state index in [9.17, 15) is 14.8 Å². The molecular formula is C18H27N4O7P. The first kappa shape index (κ1) is 21.6. The van der Waals surface area contributed by atoms with Crippen LogP contribution in [0.15, 0.2) is 12.3 Å². The molecule has 11 nitrogen and oxygen atoms in total. The number of ether oxygens (including phenoxy) is 2. The van der Waals surface area contributed by atoms with Gasteiger partial charge < -0.3 is 39.4 Å². The van der Waals surface area contributed by atoms with Crippen LogP contribution in [0.1, 0.15) is 37.7 Å². The Labute approximate surface area is 173 Å². The van der Waals surface area contributed by atoms with Crippen LogP contribution in [-0.4, -0.2) is 71.8 Å². The molecule has 4 atom stereocenters. The van der Waals surface area contributed by atoms with E-state index in [-0.39, 0.29) is 6.61 Å². The first-order chi connectivity index (χ1) is 14.2. The predicted molar refractivity (Wildman–Crippen MR) is 107 cm³/mol. The van der Waals surface area contributed by atoms with Gasteiger partial charge in [-0.25, -0.2) is 9.97 Å². The van der Waals surface area contributed by atoms with Gasteiger partial charge in [0, 0.05) is 12.2 Å². The van der Waals surface area contributed by atoms with Crippen LogP contribution in [0.4, 0.5) is 5.82 Å². The average Bonchev–Trinajstić information content (AvgIpc) is 3.37. The van der Waals surface area contributed by atoms with E-state index >= 15 is 0 Å². The molecule has 4 rings (SSSR count). The summed E-state index contributed by atoms with van der Waals surface area (Å²) in [6.07, 6.45) is 1.12. The van der Waals surface area contributed by atoms with Gasteiger partial charge in [0.05, 0.1) is 12.0 Å². The molecule has 2 aromatic heterocycles. The number of rotatable bonds is 7. The van der Waals surface area contributed by atoms with Gasteiger partial charge in [0.2, 0.25) is 0 Å². The van der Waals surface area contributed by atoms with E-state index < -0.39 is 38.5 Å². The number of nitrogens with zero attached hydrogens (tertiary/aromatic N) is 3. The van der Waals surface area contributed by atoms with Crippen molar-refractivity contribution >= 4 is 24.4 Å². The van der Waals surface area contributed by atoms with E-state index in [2.05, 4.69) is 15.3 Å². The second kappa shape index (κ2) is 8.51. The van der Waals surface area contributed by atoms with Gasteiger partial charge in [-0.15, -0.1) is 0 Å². The molecule has 0 amide bonds. The number of hydrogen-bond acceptors (Lipinski definition) is 8. The summed E-state index contributed by atoms with van der Waals surface area (Å²) in [5.74, 6) is 1.30.